The Morgan fingerprint density at radius 2 is 2.26 bits per heavy atom. The molecule has 1 heterocycles. The van der Waals surface area contributed by atoms with E-state index in [4.69, 9.17) is 17.3 Å². The highest BCUT2D eigenvalue weighted by atomic mass is 35.5. The van der Waals surface area contributed by atoms with Crippen LogP contribution in [0, 0.1) is 0 Å². The first-order chi connectivity index (χ1) is 9.24. The van der Waals surface area contributed by atoms with E-state index in [0.717, 1.165) is 24.9 Å². The molecular formula is C14H15ClN4. The molecule has 0 saturated heterocycles. The number of nitrogens with one attached hydrogen (secondary N) is 1. The fourth-order valence-corrected chi connectivity index (χ4v) is 2.73. The predicted molar refractivity (Wildman–Crippen MR) is 77.2 cm³/mol. The van der Waals surface area contributed by atoms with Gasteiger partial charge in [-0.3, -0.25) is 0 Å². The summed E-state index contributed by atoms with van der Waals surface area (Å²) in [5.41, 5.74) is 9.26. The Labute approximate surface area is 117 Å². The first-order valence-corrected chi connectivity index (χ1v) is 6.72. The second-order valence-electron chi connectivity index (χ2n) is 4.77. The van der Waals surface area contributed by atoms with Crippen molar-refractivity contribution >= 4 is 23.1 Å². The second-order valence-corrected chi connectivity index (χ2v) is 5.17. The fourth-order valence-electron chi connectivity index (χ4n) is 2.57. The molecule has 0 fully saturated rings. The van der Waals surface area contributed by atoms with E-state index in [1.807, 2.05) is 6.07 Å². The molecule has 3 rings (SSSR count). The Morgan fingerprint density at radius 1 is 1.37 bits per heavy atom. The van der Waals surface area contributed by atoms with Gasteiger partial charge in [0.25, 0.3) is 0 Å². The highest BCUT2D eigenvalue weighted by molar-refractivity contribution is 6.32. The minimum atomic E-state index is 0.233. The quantitative estimate of drug-likeness (QED) is 0.826. The summed E-state index contributed by atoms with van der Waals surface area (Å²) < 4.78 is 0. The predicted octanol–water partition coefficient (Wildman–Crippen LogP) is 3.20. The third kappa shape index (κ3) is 2.49. The van der Waals surface area contributed by atoms with Gasteiger partial charge in [-0.15, -0.1) is 0 Å². The van der Waals surface area contributed by atoms with Gasteiger partial charge in [-0.05, 0) is 42.5 Å². The molecule has 3 N–H and O–H groups in total. The van der Waals surface area contributed by atoms with Crippen molar-refractivity contribution in [1.82, 2.24) is 9.97 Å². The minimum Gasteiger partial charge on any atom is -0.399 e. The Kier molecular flexibility index (Phi) is 3.25. The van der Waals surface area contributed by atoms with E-state index >= 15 is 0 Å². The van der Waals surface area contributed by atoms with Crippen LogP contribution in [0.25, 0.3) is 0 Å². The van der Waals surface area contributed by atoms with Gasteiger partial charge in [0.05, 0.1) is 12.2 Å². The largest absolute Gasteiger partial charge is 0.399 e. The number of anilines is 2. The molecule has 1 aromatic heterocycles. The van der Waals surface area contributed by atoms with E-state index in [1.165, 1.54) is 17.5 Å². The van der Waals surface area contributed by atoms with Crippen molar-refractivity contribution in [3.63, 3.8) is 0 Å². The van der Waals surface area contributed by atoms with E-state index in [2.05, 4.69) is 27.4 Å². The lowest BCUT2D eigenvalue weighted by atomic mass is 9.87. The lowest BCUT2D eigenvalue weighted by molar-refractivity contribution is 0.599. The average Bonchev–Trinajstić information content (AvgIpc) is 2.41. The third-order valence-corrected chi connectivity index (χ3v) is 3.74. The van der Waals surface area contributed by atoms with Gasteiger partial charge < -0.3 is 11.1 Å². The number of fused-ring (bicyclic) bond motifs is 1. The van der Waals surface area contributed by atoms with Crippen LogP contribution in [0.1, 0.15) is 30.0 Å². The number of nitrogens with zero attached hydrogens (tertiary/aromatic N) is 2. The molecule has 19 heavy (non-hydrogen) atoms. The van der Waals surface area contributed by atoms with Gasteiger partial charge in [-0.2, -0.15) is 0 Å². The monoisotopic (exact) mass is 274 g/mol. The Balaban J connectivity index is 1.90. The summed E-state index contributed by atoms with van der Waals surface area (Å²) in [4.78, 5) is 8.08. The number of benzene rings is 1. The summed E-state index contributed by atoms with van der Waals surface area (Å²) >= 11 is 6.09. The van der Waals surface area contributed by atoms with Crippen molar-refractivity contribution in [3.8, 4) is 0 Å². The molecule has 0 amide bonds. The van der Waals surface area contributed by atoms with Gasteiger partial charge in [0.2, 0.25) is 0 Å². The molecule has 1 aromatic carbocycles. The molecule has 1 unspecified atom stereocenters. The molecule has 4 nitrogen and oxygen atoms in total. The maximum atomic E-state index is 6.09. The Hall–Kier alpha value is -1.81. The molecule has 0 bridgehead atoms. The highest BCUT2D eigenvalue weighted by Crippen LogP contribution is 2.34. The summed E-state index contributed by atoms with van der Waals surface area (Å²) in [7, 11) is 0. The molecule has 0 radical (unpaired) electrons. The number of aryl methyl sites for hydroxylation is 1. The Bertz CT molecular complexity index is 600. The standard InChI is InChI=1S/C14H15ClN4/c15-12-7-17-8-18-14(12)19-13-3-1-2-9-6-10(16)4-5-11(9)13/h4-8,13H,1-3,16H2,(H,17,18,19). The zero-order valence-electron chi connectivity index (χ0n) is 10.4. The number of rotatable bonds is 2. The zero-order chi connectivity index (χ0) is 13.2. The maximum absolute atomic E-state index is 6.09. The lowest BCUT2D eigenvalue weighted by Crippen LogP contribution is -2.18. The van der Waals surface area contributed by atoms with Crippen molar-refractivity contribution in [3.05, 3.63) is 46.9 Å². The van der Waals surface area contributed by atoms with Gasteiger partial charge in [-0.1, -0.05) is 17.7 Å². The van der Waals surface area contributed by atoms with Crippen LogP contribution in [0.2, 0.25) is 5.02 Å². The number of halogens is 1. The molecule has 1 atom stereocenters. The van der Waals surface area contributed by atoms with Gasteiger partial charge in [-0.25, -0.2) is 9.97 Å². The number of nitrogen functional groups attached to an aromatic ring is 1. The topological polar surface area (TPSA) is 63.8 Å². The van der Waals surface area contributed by atoms with Crippen molar-refractivity contribution in [2.24, 2.45) is 0 Å². The lowest BCUT2D eigenvalue weighted by Gasteiger charge is -2.27. The molecule has 0 aliphatic heterocycles. The van der Waals surface area contributed by atoms with E-state index in [9.17, 15) is 0 Å². The summed E-state index contributed by atoms with van der Waals surface area (Å²) in [5, 5.41) is 3.95. The van der Waals surface area contributed by atoms with Gasteiger partial charge in [0, 0.05) is 5.69 Å². The summed E-state index contributed by atoms with van der Waals surface area (Å²) in [6.07, 6.45) is 6.38. The molecule has 0 spiro atoms. The van der Waals surface area contributed by atoms with Crippen LogP contribution >= 0.6 is 11.6 Å². The van der Waals surface area contributed by atoms with Crippen molar-refractivity contribution in [1.29, 1.82) is 0 Å². The summed E-state index contributed by atoms with van der Waals surface area (Å²) in [5.74, 6) is 0.686. The number of hydrogen-bond donors (Lipinski definition) is 2. The van der Waals surface area contributed by atoms with Crippen LogP contribution in [-0.4, -0.2) is 9.97 Å². The molecule has 1 aliphatic rings. The first kappa shape index (κ1) is 12.2. The zero-order valence-corrected chi connectivity index (χ0v) is 11.2. The van der Waals surface area contributed by atoms with E-state index in [-0.39, 0.29) is 6.04 Å². The second kappa shape index (κ2) is 5.05. The average molecular weight is 275 g/mol. The van der Waals surface area contributed by atoms with Crippen LogP contribution < -0.4 is 11.1 Å². The van der Waals surface area contributed by atoms with Crippen LogP contribution in [0.15, 0.2) is 30.7 Å². The van der Waals surface area contributed by atoms with Crippen LogP contribution in [0.4, 0.5) is 11.5 Å². The van der Waals surface area contributed by atoms with Crippen molar-refractivity contribution in [2.75, 3.05) is 11.1 Å². The molecular weight excluding hydrogens is 260 g/mol. The van der Waals surface area contributed by atoms with Gasteiger partial charge in [0.1, 0.15) is 17.2 Å². The van der Waals surface area contributed by atoms with E-state index < -0.39 is 0 Å². The van der Waals surface area contributed by atoms with Gasteiger partial charge >= 0.3 is 0 Å². The van der Waals surface area contributed by atoms with Crippen LogP contribution in [0.5, 0.6) is 0 Å². The fraction of sp³-hybridized carbons (Fsp3) is 0.286. The van der Waals surface area contributed by atoms with Crippen molar-refractivity contribution in [2.45, 2.75) is 25.3 Å². The van der Waals surface area contributed by atoms with Crippen LogP contribution in [0.3, 0.4) is 0 Å². The Morgan fingerprint density at radius 3 is 3.11 bits per heavy atom. The maximum Gasteiger partial charge on any atom is 0.148 e. The SMILES string of the molecule is Nc1ccc2c(c1)CCCC2Nc1ncncc1Cl. The van der Waals surface area contributed by atoms with E-state index in [1.54, 1.807) is 6.20 Å². The van der Waals surface area contributed by atoms with Crippen LogP contribution in [-0.2, 0) is 6.42 Å². The summed E-state index contributed by atoms with van der Waals surface area (Å²) in [6, 6.07) is 6.33. The molecule has 2 aromatic rings. The smallest absolute Gasteiger partial charge is 0.148 e. The van der Waals surface area contributed by atoms with Crippen molar-refractivity contribution < 1.29 is 0 Å². The summed E-state index contributed by atoms with van der Waals surface area (Å²) in [6.45, 7) is 0. The minimum absolute atomic E-state index is 0.233. The highest BCUT2D eigenvalue weighted by Gasteiger charge is 2.21. The molecule has 1 aliphatic carbocycles. The third-order valence-electron chi connectivity index (χ3n) is 3.46. The number of nitrogens with two attached hydrogens (primary N) is 1. The normalized spacial score (nSPS) is 17.8. The van der Waals surface area contributed by atoms with Gasteiger partial charge in [0.15, 0.2) is 0 Å². The number of hydrogen-bond acceptors (Lipinski definition) is 4. The van der Waals surface area contributed by atoms with E-state index in [0.29, 0.717) is 10.8 Å². The molecule has 98 valence electrons. The number of aromatic nitrogens is 2. The molecule has 5 heteroatoms. The molecule has 0 saturated carbocycles. The first-order valence-electron chi connectivity index (χ1n) is 6.34.